The lowest BCUT2D eigenvalue weighted by Gasteiger charge is -2.15. The van der Waals surface area contributed by atoms with Crippen LogP contribution in [0.25, 0.3) is 0 Å². The number of halogens is 4. The highest BCUT2D eigenvalue weighted by molar-refractivity contribution is 9.10. The molecule has 0 aliphatic carbocycles. The van der Waals surface area contributed by atoms with Crippen LogP contribution in [-0.2, 0) is 6.18 Å². The minimum absolute atomic E-state index is 0.0588. The number of hydrogen-bond donors (Lipinski definition) is 1. The Labute approximate surface area is 168 Å². The second-order valence-corrected chi connectivity index (χ2v) is 6.83. The summed E-state index contributed by atoms with van der Waals surface area (Å²) in [5, 5.41) is 3.79. The standard InChI is InChI=1S/C19H18BrF3N2O3/c1-11(2)28-17-15(20)7-12(8-16(17)27-3)10-24-25-18(26)13-5-4-6-14(9-13)19(21,22)23/h4-11H,1-3H3,(H,25,26)/b24-10-. The molecular formula is C19H18BrF3N2O3. The van der Waals surface area contributed by atoms with Crippen molar-refractivity contribution < 1.29 is 27.4 Å². The van der Waals surface area contributed by atoms with Crippen LogP contribution < -0.4 is 14.9 Å². The predicted molar refractivity (Wildman–Crippen MR) is 103 cm³/mol. The van der Waals surface area contributed by atoms with E-state index in [1.54, 1.807) is 12.1 Å². The van der Waals surface area contributed by atoms with E-state index in [1.165, 1.54) is 19.4 Å². The number of amides is 1. The Morgan fingerprint density at radius 3 is 2.57 bits per heavy atom. The van der Waals surface area contributed by atoms with Crippen molar-refractivity contribution in [3.05, 3.63) is 57.6 Å². The molecule has 9 heteroatoms. The molecule has 0 aliphatic rings. The minimum atomic E-state index is -4.53. The fourth-order valence-corrected chi connectivity index (χ4v) is 2.78. The molecular weight excluding hydrogens is 441 g/mol. The van der Waals surface area contributed by atoms with E-state index in [-0.39, 0.29) is 11.7 Å². The summed E-state index contributed by atoms with van der Waals surface area (Å²) >= 11 is 3.39. The number of carbonyl (C=O) groups is 1. The van der Waals surface area contributed by atoms with Gasteiger partial charge in [0, 0.05) is 5.56 Å². The smallest absolute Gasteiger partial charge is 0.416 e. The number of hydrazone groups is 1. The van der Waals surface area contributed by atoms with Crippen molar-refractivity contribution in [1.29, 1.82) is 0 Å². The first-order chi connectivity index (χ1) is 13.1. The largest absolute Gasteiger partial charge is 0.493 e. The molecule has 0 radical (unpaired) electrons. The number of nitrogens with zero attached hydrogens (tertiary/aromatic N) is 1. The van der Waals surface area contributed by atoms with Crippen molar-refractivity contribution in [2.75, 3.05) is 7.11 Å². The number of hydrogen-bond acceptors (Lipinski definition) is 4. The molecule has 0 aliphatic heterocycles. The number of nitrogens with one attached hydrogen (secondary N) is 1. The number of benzene rings is 2. The summed E-state index contributed by atoms with van der Waals surface area (Å²) in [4.78, 5) is 12.0. The first-order valence-corrected chi connectivity index (χ1v) is 8.96. The third kappa shape index (κ3) is 5.72. The molecule has 150 valence electrons. The SMILES string of the molecule is COc1cc(/C=N\NC(=O)c2cccc(C(F)(F)F)c2)cc(Br)c1OC(C)C. The number of methoxy groups -OCH3 is 1. The first kappa shape index (κ1) is 21.7. The molecule has 0 atom stereocenters. The van der Waals surface area contributed by atoms with Gasteiger partial charge in [0.25, 0.3) is 5.91 Å². The van der Waals surface area contributed by atoms with E-state index in [4.69, 9.17) is 9.47 Å². The summed E-state index contributed by atoms with van der Waals surface area (Å²) in [6.45, 7) is 3.76. The number of alkyl halides is 3. The van der Waals surface area contributed by atoms with Crippen LogP contribution in [0, 0.1) is 0 Å². The van der Waals surface area contributed by atoms with Crippen LogP contribution >= 0.6 is 15.9 Å². The van der Waals surface area contributed by atoms with E-state index in [1.807, 2.05) is 13.8 Å². The molecule has 2 aromatic rings. The van der Waals surface area contributed by atoms with Crippen molar-refractivity contribution in [2.24, 2.45) is 5.10 Å². The summed E-state index contributed by atoms with van der Waals surface area (Å²) in [6.07, 6.45) is -3.24. The van der Waals surface area contributed by atoms with Gasteiger partial charge in [-0.05, 0) is 65.7 Å². The monoisotopic (exact) mass is 458 g/mol. The topological polar surface area (TPSA) is 59.9 Å². The highest BCUT2D eigenvalue weighted by Crippen LogP contribution is 2.37. The Hall–Kier alpha value is -2.55. The normalized spacial score (nSPS) is 11.7. The van der Waals surface area contributed by atoms with Gasteiger partial charge >= 0.3 is 6.18 Å². The van der Waals surface area contributed by atoms with Gasteiger partial charge in [-0.25, -0.2) is 5.43 Å². The molecule has 0 fully saturated rings. The zero-order valence-electron chi connectivity index (χ0n) is 15.3. The summed E-state index contributed by atoms with van der Waals surface area (Å²) in [5.41, 5.74) is 1.74. The van der Waals surface area contributed by atoms with E-state index in [0.717, 1.165) is 18.2 Å². The molecule has 0 saturated carbocycles. The molecule has 0 bridgehead atoms. The van der Waals surface area contributed by atoms with Gasteiger partial charge in [-0.1, -0.05) is 6.07 Å². The van der Waals surface area contributed by atoms with E-state index in [0.29, 0.717) is 21.5 Å². The lowest BCUT2D eigenvalue weighted by molar-refractivity contribution is -0.137. The molecule has 0 heterocycles. The highest BCUT2D eigenvalue weighted by atomic mass is 79.9. The van der Waals surface area contributed by atoms with Crippen molar-refractivity contribution in [2.45, 2.75) is 26.1 Å². The maximum absolute atomic E-state index is 12.7. The maximum Gasteiger partial charge on any atom is 0.416 e. The Kier molecular flexibility index (Phi) is 7.06. The predicted octanol–water partition coefficient (Wildman–Crippen LogP) is 5.03. The molecule has 0 saturated heterocycles. The molecule has 2 rings (SSSR count). The van der Waals surface area contributed by atoms with Crippen LogP contribution in [0.5, 0.6) is 11.5 Å². The number of ether oxygens (including phenoxy) is 2. The lowest BCUT2D eigenvalue weighted by atomic mass is 10.1. The molecule has 2 aromatic carbocycles. The van der Waals surface area contributed by atoms with Gasteiger partial charge in [-0.15, -0.1) is 0 Å². The van der Waals surface area contributed by atoms with Crippen LogP contribution in [0.4, 0.5) is 13.2 Å². The molecule has 1 N–H and O–H groups in total. The van der Waals surface area contributed by atoms with Crippen molar-refractivity contribution in [3.8, 4) is 11.5 Å². The van der Waals surface area contributed by atoms with Gasteiger partial charge < -0.3 is 9.47 Å². The van der Waals surface area contributed by atoms with Crippen LogP contribution in [0.2, 0.25) is 0 Å². The lowest BCUT2D eigenvalue weighted by Crippen LogP contribution is -2.18. The average Bonchev–Trinajstić information content (AvgIpc) is 2.62. The summed E-state index contributed by atoms with van der Waals surface area (Å²) in [6, 6.07) is 7.46. The van der Waals surface area contributed by atoms with E-state index < -0.39 is 17.6 Å². The molecule has 0 unspecified atom stereocenters. The van der Waals surface area contributed by atoms with Crippen LogP contribution in [0.1, 0.15) is 35.3 Å². The molecule has 5 nitrogen and oxygen atoms in total. The Balaban J connectivity index is 2.14. The van der Waals surface area contributed by atoms with Gasteiger partial charge in [0.05, 0.1) is 29.5 Å². The van der Waals surface area contributed by atoms with Gasteiger partial charge in [0.2, 0.25) is 0 Å². The van der Waals surface area contributed by atoms with E-state index in [9.17, 15) is 18.0 Å². The van der Waals surface area contributed by atoms with Crippen LogP contribution in [-0.4, -0.2) is 25.3 Å². The highest BCUT2D eigenvalue weighted by Gasteiger charge is 2.30. The van der Waals surface area contributed by atoms with Crippen LogP contribution in [0.3, 0.4) is 0 Å². The van der Waals surface area contributed by atoms with Crippen LogP contribution in [0.15, 0.2) is 46.0 Å². The maximum atomic E-state index is 12.7. The van der Waals surface area contributed by atoms with E-state index >= 15 is 0 Å². The summed E-state index contributed by atoms with van der Waals surface area (Å²) in [5.74, 6) is 0.240. The fraction of sp³-hybridized carbons (Fsp3) is 0.263. The van der Waals surface area contributed by atoms with Gasteiger partial charge in [-0.2, -0.15) is 18.3 Å². The summed E-state index contributed by atoms with van der Waals surface area (Å²) < 4.78 is 49.8. The average molecular weight is 459 g/mol. The second kappa shape index (κ2) is 9.09. The van der Waals surface area contributed by atoms with Crippen molar-refractivity contribution in [3.63, 3.8) is 0 Å². The quantitative estimate of drug-likeness (QED) is 0.487. The van der Waals surface area contributed by atoms with Gasteiger partial charge in [0.1, 0.15) is 0 Å². The third-order valence-electron chi connectivity index (χ3n) is 3.44. The zero-order valence-corrected chi connectivity index (χ0v) is 16.9. The zero-order chi connectivity index (χ0) is 20.9. The molecule has 28 heavy (non-hydrogen) atoms. The second-order valence-electron chi connectivity index (χ2n) is 5.98. The molecule has 1 amide bonds. The fourth-order valence-electron chi connectivity index (χ4n) is 2.23. The van der Waals surface area contributed by atoms with E-state index in [2.05, 4.69) is 26.5 Å². The van der Waals surface area contributed by atoms with Crippen molar-refractivity contribution in [1.82, 2.24) is 5.43 Å². The Morgan fingerprint density at radius 2 is 1.96 bits per heavy atom. The van der Waals surface area contributed by atoms with Gasteiger partial charge in [-0.3, -0.25) is 4.79 Å². The van der Waals surface area contributed by atoms with Crippen molar-refractivity contribution >= 4 is 28.1 Å². The van der Waals surface area contributed by atoms with Gasteiger partial charge in [0.15, 0.2) is 11.5 Å². The number of carbonyl (C=O) groups excluding carboxylic acids is 1. The third-order valence-corrected chi connectivity index (χ3v) is 4.03. The Morgan fingerprint density at radius 1 is 1.25 bits per heavy atom. The number of rotatable bonds is 6. The first-order valence-electron chi connectivity index (χ1n) is 8.16. The minimum Gasteiger partial charge on any atom is -0.493 e. The summed E-state index contributed by atoms with van der Waals surface area (Å²) in [7, 11) is 1.49. The molecule has 0 spiro atoms. The molecule has 0 aromatic heterocycles. The Bertz CT molecular complexity index is 883.